The van der Waals surface area contributed by atoms with Gasteiger partial charge in [-0.05, 0) is 30.7 Å². The molecule has 0 saturated carbocycles. The van der Waals surface area contributed by atoms with Gasteiger partial charge in [-0.2, -0.15) is 0 Å². The summed E-state index contributed by atoms with van der Waals surface area (Å²) < 4.78 is 21.6. The molecular formula is C23H23N3O5S. The molecule has 1 amide bonds. The molecule has 1 atom stereocenters. The maximum absolute atomic E-state index is 13.0. The highest BCUT2D eigenvalue weighted by molar-refractivity contribution is 8.00. The van der Waals surface area contributed by atoms with E-state index in [0.29, 0.717) is 51.7 Å². The van der Waals surface area contributed by atoms with E-state index in [1.807, 2.05) is 19.1 Å². The van der Waals surface area contributed by atoms with Crippen LogP contribution in [0.4, 0.5) is 5.69 Å². The highest BCUT2D eigenvalue weighted by Gasteiger charge is 2.24. The zero-order valence-corrected chi connectivity index (χ0v) is 18.7. The monoisotopic (exact) mass is 453 g/mol. The standard InChI is InChI=1S/C23H23N3O5S/c1-4-19(22(27)24-14-11-15(28-2)13-16(12-14)29-3)32-23-25-20(17-7-5-9-30-17)21(26-23)18-8-6-10-31-18/h5-13,19H,4H2,1-3H3,(H,24,27)(H,25,26). The third-order valence-electron chi connectivity index (χ3n) is 4.74. The predicted octanol–water partition coefficient (Wildman–Crippen LogP) is 5.46. The number of ether oxygens (including phenoxy) is 2. The number of nitrogens with one attached hydrogen (secondary N) is 2. The second kappa shape index (κ2) is 9.69. The summed E-state index contributed by atoms with van der Waals surface area (Å²) in [6.45, 7) is 1.95. The third kappa shape index (κ3) is 4.67. The van der Waals surface area contributed by atoms with Gasteiger partial charge in [-0.3, -0.25) is 4.79 Å². The molecule has 3 heterocycles. The number of benzene rings is 1. The molecule has 0 bridgehead atoms. The molecule has 8 nitrogen and oxygen atoms in total. The summed E-state index contributed by atoms with van der Waals surface area (Å²) in [6.07, 6.45) is 3.79. The van der Waals surface area contributed by atoms with Crippen molar-refractivity contribution in [3.8, 4) is 34.4 Å². The van der Waals surface area contributed by atoms with Crippen LogP contribution in [0.5, 0.6) is 11.5 Å². The topological polar surface area (TPSA) is 103 Å². The molecule has 0 radical (unpaired) electrons. The molecule has 0 aliphatic rings. The lowest BCUT2D eigenvalue weighted by Gasteiger charge is -2.14. The van der Waals surface area contributed by atoms with E-state index in [2.05, 4.69) is 15.3 Å². The smallest absolute Gasteiger partial charge is 0.237 e. The Morgan fingerprint density at radius 2 is 1.75 bits per heavy atom. The Bertz CT molecular complexity index is 1090. The Hall–Kier alpha value is -3.59. The Balaban J connectivity index is 1.56. The number of hydrogen-bond donors (Lipinski definition) is 2. The molecule has 0 aliphatic heterocycles. The number of aromatic amines is 1. The maximum atomic E-state index is 13.0. The number of carbonyl (C=O) groups excluding carboxylic acids is 1. The van der Waals surface area contributed by atoms with E-state index in [-0.39, 0.29) is 11.2 Å². The van der Waals surface area contributed by atoms with Gasteiger partial charge in [0, 0.05) is 23.9 Å². The van der Waals surface area contributed by atoms with Gasteiger partial charge in [0.25, 0.3) is 0 Å². The van der Waals surface area contributed by atoms with Gasteiger partial charge in [-0.25, -0.2) is 4.98 Å². The van der Waals surface area contributed by atoms with Crippen molar-refractivity contribution in [3.05, 3.63) is 55.0 Å². The van der Waals surface area contributed by atoms with Crippen molar-refractivity contribution in [2.24, 2.45) is 0 Å². The van der Waals surface area contributed by atoms with Gasteiger partial charge in [0.1, 0.15) is 22.9 Å². The first-order chi connectivity index (χ1) is 15.6. The fraction of sp³-hybridized carbons (Fsp3) is 0.217. The van der Waals surface area contributed by atoms with E-state index < -0.39 is 0 Å². The Morgan fingerprint density at radius 3 is 2.31 bits per heavy atom. The molecule has 9 heteroatoms. The number of thioether (sulfide) groups is 1. The molecule has 0 saturated heterocycles. The van der Waals surface area contributed by atoms with Crippen LogP contribution in [-0.4, -0.2) is 35.3 Å². The van der Waals surface area contributed by atoms with E-state index in [1.165, 1.54) is 11.8 Å². The first-order valence-corrected chi connectivity index (χ1v) is 10.9. The fourth-order valence-corrected chi connectivity index (χ4v) is 4.06. The first kappa shape index (κ1) is 21.6. The van der Waals surface area contributed by atoms with Crippen LogP contribution in [0, 0.1) is 0 Å². The molecule has 4 aromatic rings. The first-order valence-electron chi connectivity index (χ1n) is 9.99. The molecule has 166 valence electrons. The number of furan rings is 2. The van der Waals surface area contributed by atoms with Crippen LogP contribution >= 0.6 is 11.8 Å². The van der Waals surface area contributed by atoms with Crippen LogP contribution in [0.1, 0.15) is 13.3 Å². The number of methoxy groups -OCH3 is 2. The van der Waals surface area contributed by atoms with Gasteiger partial charge >= 0.3 is 0 Å². The molecule has 1 unspecified atom stereocenters. The number of hydrogen-bond acceptors (Lipinski definition) is 7. The number of amides is 1. The van der Waals surface area contributed by atoms with Crippen molar-refractivity contribution < 1.29 is 23.1 Å². The van der Waals surface area contributed by atoms with Crippen LogP contribution in [0.15, 0.2) is 69.0 Å². The summed E-state index contributed by atoms with van der Waals surface area (Å²) >= 11 is 1.34. The average Bonchev–Trinajstić information content (AvgIpc) is 3.58. The summed E-state index contributed by atoms with van der Waals surface area (Å²) in [5.41, 5.74) is 1.91. The summed E-state index contributed by atoms with van der Waals surface area (Å²) in [5.74, 6) is 2.29. The number of rotatable bonds is 9. The normalized spacial score (nSPS) is 11.8. The van der Waals surface area contributed by atoms with Crippen molar-refractivity contribution in [1.29, 1.82) is 0 Å². The molecule has 1 aromatic carbocycles. The number of imidazole rings is 1. The summed E-state index contributed by atoms with van der Waals surface area (Å²) in [6, 6.07) is 12.5. The van der Waals surface area contributed by atoms with E-state index in [0.717, 1.165) is 0 Å². The van der Waals surface area contributed by atoms with Crippen molar-refractivity contribution >= 4 is 23.4 Å². The Morgan fingerprint density at radius 1 is 1.09 bits per heavy atom. The summed E-state index contributed by atoms with van der Waals surface area (Å²) in [5, 5.41) is 3.15. The Labute approximate surface area is 189 Å². The minimum Gasteiger partial charge on any atom is -0.497 e. The largest absolute Gasteiger partial charge is 0.497 e. The quantitative estimate of drug-likeness (QED) is 0.325. The van der Waals surface area contributed by atoms with Gasteiger partial charge in [0.05, 0.1) is 32.0 Å². The number of carbonyl (C=O) groups is 1. The number of H-pyrrole nitrogens is 1. The molecular weight excluding hydrogens is 430 g/mol. The van der Waals surface area contributed by atoms with Gasteiger partial charge in [-0.15, -0.1) is 0 Å². The number of anilines is 1. The minimum absolute atomic E-state index is 0.150. The van der Waals surface area contributed by atoms with Crippen LogP contribution in [-0.2, 0) is 4.79 Å². The van der Waals surface area contributed by atoms with Crippen LogP contribution in [0.25, 0.3) is 22.9 Å². The van der Waals surface area contributed by atoms with Gasteiger partial charge in [-0.1, -0.05) is 18.7 Å². The lowest BCUT2D eigenvalue weighted by molar-refractivity contribution is -0.115. The number of nitrogens with zero attached hydrogens (tertiary/aromatic N) is 1. The second-order valence-electron chi connectivity index (χ2n) is 6.83. The molecule has 4 rings (SSSR count). The van der Waals surface area contributed by atoms with Crippen molar-refractivity contribution in [2.75, 3.05) is 19.5 Å². The van der Waals surface area contributed by atoms with Gasteiger partial charge < -0.3 is 28.6 Å². The van der Waals surface area contributed by atoms with Crippen LogP contribution in [0.2, 0.25) is 0 Å². The third-order valence-corrected chi connectivity index (χ3v) is 5.99. The predicted molar refractivity (Wildman–Crippen MR) is 122 cm³/mol. The van der Waals surface area contributed by atoms with Crippen LogP contribution < -0.4 is 14.8 Å². The molecule has 2 N–H and O–H groups in total. The van der Waals surface area contributed by atoms with Crippen molar-refractivity contribution in [1.82, 2.24) is 9.97 Å². The zero-order chi connectivity index (χ0) is 22.5. The second-order valence-corrected chi connectivity index (χ2v) is 8.02. The molecule has 0 spiro atoms. The number of aromatic nitrogens is 2. The van der Waals surface area contributed by atoms with E-state index in [4.69, 9.17) is 18.3 Å². The van der Waals surface area contributed by atoms with E-state index in [9.17, 15) is 4.79 Å². The highest BCUT2D eigenvalue weighted by atomic mass is 32.2. The van der Waals surface area contributed by atoms with E-state index >= 15 is 0 Å². The highest BCUT2D eigenvalue weighted by Crippen LogP contribution is 2.35. The molecule has 0 aliphatic carbocycles. The lowest BCUT2D eigenvalue weighted by Crippen LogP contribution is -2.24. The molecule has 0 fully saturated rings. The zero-order valence-electron chi connectivity index (χ0n) is 17.9. The molecule has 32 heavy (non-hydrogen) atoms. The lowest BCUT2D eigenvalue weighted by atomic mass is 10.2. The molecule has 3 aromatic heterocycles. The fourth-order valence-electron chi connectivity index (χ4n) is 3.16. The van der Waals surface area contributed by atoms with Gasteiger partial charge in [0.2, 0.25) is 5.91 Å². The Kier molecular flexibility index (Phi) is 6.55. The van der Waals surface area contributed by atoms with Gasteiger partial charge in [0.15, 0.2) is 16.7 Å². The minimum atomic E-state index is -0.382. The average molecular weight is 454 g/mol. The SMILES string of the molecule is CCC(Sc1nc(-c2ccco2)c(-c2ccco2)[nH]1)C(=O)Nc1cc(OC)cc(OC)c1. The van der Waals surface area contributed by atoms with Crippen LogP contribution in [0.3, 0.4) is 0 Å². The summed E-state index contributed by atoms with van der Waals surface area (Å²) in [7, 11) is 3.13. The van der Waals surface area contributed by atoms with Crippen molar-refractivity contribution in [3.63, 3.8) is 0 Å². The van der Waals surface area contributed by atoms with Crippen molar-refractivity contribution in [2.45, 2.75) is 23.8 Å². The van der Waals surface area contributed by atoms with E-state index in [1.54, 1.807) is 57.1 Å². The summed E-state index contributed by atoms with van der Waals surface area (Å²) in [4.78, 5) is 20.9. The maximum Gasteiger partial charge on any atom is 0.237 e.